The highest BCUT2D eigenvalue weighted by molar-refractivity contribution is 5.95. The van der Waals surface area contributed by atoms with Crippen molar-refractivity contribution in [3.8, 4) is 18.1 Å². The molecule has 2 rings (SSSR count). The lowest BCUT2D eigenvalue weighted by Crippen LogP contribution is -2.42. The van der Waals surface area contributed by atoms with Crippen LogP contribution in [0.25, 0.3) is 0 Å². The number of hydrogen-bond acceptors (Lipinski definition) is 3. The van der Waals surface area contributed by atoms with Gasteiger partial charge >= 0.3 is 0 Å². The molecule has 0 spiro atoms. The molecule has 140 valence electrons. The summed E-state index contributed by atoms with van der Waals surface area (Å²) >= 11 is 0. The predicted molar refractivity (Wildman–Crippen MR) is 109 cm³/mol. The summed E-state index contributed by atoms with van der Waals surface area (Å²) < 4.78 is 5.64. The van der Waals surface area contributed by atoms with Crippen LogP contribution in [0.1, 0.15) is 11.1 Å². The lowest BCUT2D eigenvalue weighted by Gasteiger charge is -2.13. The van der Waals surface area contributed by atoms with Crippen molar-refractivity contribution in [3.05, 3.63) is 59.7 Å². The summed E-state index contributed by atoms with van der Waals surface area (Å²) in [6, 6.07) is 15.0. The van der Waals surface area contributed by atoms with Gasteiger partial charge in [0, 0.05) is 18.3 Å². The van der Waals surface area contributed by atoms with Gasteiger partial charge in [0.25, 0.3) is 0 Å². The highest BCUT2D eigenvalue weighted by atomic mass is 16.5. The number of guanidine groups is 1. The second-order valence-corrected chi connectivity index (χ2v) is 5.79. The van der Waals surface area contributed by atoms with Crippen LogP contribution in [0.2, 0.25) is 0 Å². The maximum absolute atomic E-state index is 12.0. The fourth-order valence-electron chi connectivity index (χ4n) is 2.25. The minimum atomic E-state index is -0.192. The number of nitrogens with one attached hydrogen (secondary N) is 3. The first-order valence-corrected chi connectivity index (χ1v) is 8.61. The fraction of sp³-hybridized carbons (Fsp3) is 0.238. The van der Waals surface area contributed by atoms with E-state index in [1.165, 1.54) is 5.56 Å². The van der Waals surface area contributed by atoms with Crippen molar-refractivity contribution in [3.63, 3.8) is 0 Å². The van der Waals surface area contributed by atoms with Crippen LogP contribution >= 0.6 is 0 Å². The van der Waals surface area contributed by atoms with Crippen LogP contribution < -0.4 is 20.7 Å². The van der Waals surface area contributed by atoms with Crippen molar-refractivity contribution in [2.75, 3.05) is 32.1 Å². The van der Waals surface area contributed by atoms with E-state index in [-0.39, 0.29) is 12.5 Å². The zero-order chi connectivity index (χ0) is 19.5. The topological polar surface area (TPSA) is 74.8 Å². The quantitative estimate of drug-likeness (QED) is 0.305. The number of amides is 1. The third-order valence-electron chi connectivity index (χ3n) is 3.64. The van der Waals surface area contributed by atoms with Crippen molar-refractivity contribution in [2.24, 2.45) is 4.99 Å². The first-order chi connectivity index (χ1) is 13.1. The van der Waals surface area contributed by atoms with E-state index in [0.717, 1.165) is 5.75 Å². The number of hydrogen-bond donors (Lipinski definition) is 3. The maximum Gasteiger partial charge on any atom is 0.243 e. The Morgan fingerprint density at radius 1 is 1.19 bits per heavy atom. The maximum atomic E-state index is 12.0. The van der Waals surface area contributed by atoms with Gasteiger partial charge < -0.3 is 20.7 Å². The van der Waals surface area contributed by atoms with Gasteiger partial charge in [-0.1, -0.05) is 29.7 Å². The Balaban J connectivity index is 1.69. The molecule has 0 aliphatic carbocycles. The second-order valence-electron chi connectivity index (χ2n) is 5.79. The van der Waals surface area contributed by atoms with Crippen molar-refractivity contribution in [1.29, 1.82) is 0 Å². The Bertz CT molecular complexity index is 823. The van der Waals surface area contributed by atoms with Gasteiger partial charge in [-0.2, -0.15) is 0 Å². The molecule has 0 bridgehead atoms. The molecule has 0 fully saturated rings. The van der Waals surface area contributed by atoms with Crippen LogP contribution in [-0.4, -0.2) is 38.6 Å². The normalized spacial score (nSPS) is 10.6. The summed E-state index contributed by atoms with van der Waals surface area (Å²) in [5.74, 6) is 3.69. The average Bonchev–Trinajstić information content (AvgIpc) is 2.69. The molecule has 6 heteroatoms. The SMILES string of the molecule is C#Cc1cccc(NC(=O)CNC(=NC)NCCOc2ccc(C)cc2)c1. The summed E-state index contributed by atoms with van der Waals surface area (Å²) in [6.07, 6.45) is 5.36. The minimum Gasteiger partial charge on any atom is -0.492 e. The molecule has 27 heavy (non-hydrogen) atoms. The van der Waals surface area contributed by atoms with Gasteiger partial charge in [0.15, 0.2) is 5.96 Å². The molecule has 2 aromatic carbocycles. The van der Waals surface area contributed by atoms with Gasteiger partial charge in [0.1, 0.15) is 12.4 Å². The second kappa shape index (κ2) is 10.5. The summed E-state index contributed by atoms with van der Waals surface area (Å²) in [5, 5.41) is 8.84. The van der Waals surface area contributed by atoms with Crippen LogP contribution in [0, 0.1) is 19.3 Å². The Hall–Kier alpha value is -3.46. The molecule has 1 amide bonds. The van der Waals surface area contributed by atoms with Crippen molar-refractivity contribution < 1.29 is 9.53 Å². The zero-order valence-electron chi connectivity index (χ0n) is 15.6. The number of benzene rings is 2. The molecule has 0 heterocycles. The van der Waals surface area contributed by atoms with E-state index in [9.17, 15) is 4.79 Å². The average molecular weight is 364 g/mol. The van der Waals surface area contributed by atoms with Crippen LogP contribution in [0.3, 0.4) is 0 Å². The Labute approximate surface area is 160 Å². The molecule has 0 atom stereocenters. The fourth-order valence-corrected chi connectivity index (χ4v) is 2.25. The smallest absolute Gasteiger partial charge is 0.243 e. The molecular formula is C21H24N4O2. The summed E-state index contributed by atoms with van der Waals surface area (Å²) in [5.41, 5.74) is 2.56. The molecule has 0 unspecified atom stereocenters. The third kappa shape index (κ3) is 7.12. The van der Waals surface area contributed by atoms with E-state index in [2.05, 4.69) is 26.9 Å². The Morgan fingerprint density at radius 2 is 1.96 bits per heavy atom. The molecular weight excluding hydrogens is 340 g/mol. The lowest BCUT2D eigenvalue weighted by atomic mass is 10.2. The van der Waals surface area contributed by atoms with Gasteiger partial charge in [0.2, 0.25) is 5.91 Å². The molecule has 0 aromatic heterocycles. The van der Waals surface area contributed by atoms with E-state index in [4.69, 9.17) is 11.2 Å². The zero-order valence-corrected chi connectivity index (χ0v) is 15.6. The van der Waals surface area contributed by atoms with Crippen molar-refractivity contribution >= 4 is 17.6 Å². The summed E-state index contributed by atoms with van der Waals surface area (Å²) in [6.45, 7) is 3.15. The molecule has 0 radical (unpaired) electrons. The first-order valence-electron chi connectivity index (χ1n) is 8.61. The molecule has 2 aromatic rings. The number of terminal acetylenes is 1. The Morgan fingerprint density at radius 3 is 2.67 bits per heavy atom. The number of carbonyl (C=O) groups excluding carboxylic acids is 1. The number of carbonyl (C=O) groups is 1. The van der Waals surface area contributed by atoms with Gasteiger partial charge in [-0.25, -0.2) is 0 Å². The number of aliphatic imine (C=N–C) groups is 1. The van der Waals surface area contributed by atoms with E-state index < -0.39 is 0 Å². The third-order valence-corrected chi connectivity index (χ3v) is 3.64. The molecule has 6 nitrogen and oxygen atoms in total. The largest absolute Gasteiger partial charge is 0.492 e. The number of ether oxygens (including phenoxy) is 1. The molecule has 0 aliphatic rings. The molecule has 0 saturated heterocycles. The predicted octanol–water partition coefficient (Wildman–Crippen LogP) is 2.16. The molecule has 3 N–H and O–H groups in total. The van der Waals surface area contributed by atoms with Gasteiger partial charge in [-0.05, 0) is 37.3 Å². The van der Waals surface area contributed by atoms with Gasteiger partial charge in [-0.3, -0.25) is 9.79 Å². The monoisotopic (exact) mass is 364 g/mol. The number of rotatable bonds is 7. The molecule has 0 saturated carbocycles. The number of aryl methyl sites for hydroxylation is 1. The molecule has 0 aliphatic heterocycles. The van der Waals surface area contributed by atoms with Crippen LogP contribution in [0.5, 0.6) is 5.75 Å². The number of anilines is 1. The van der Waals surface area contributed by atoms with Crippen LogP contribution in [-0.2, 0) is 4.79 Å². The van der Waals surface area contributed by atoms with Gasteiger partial charge in [0.05, 0.1) is 13.1 Å². The van der Waals surface area contributed by atoms with E-state index in [0.29, 0.717) is 30.4 Å². The first kappa shape index (κ1) is 19.9. The van der Waals surface area contributed by atoms with E-state index in [1.54, 1.807) is 31.3 Å². The summed E-state index contributed by atoms with van der Waals surface area (Å²) in [4.78, 5) is 16.1. The minimum absolute atomic E-state index is 0.0821. The van der Waals surface area contributed by atoms with Crippen LogP contribution in [0.4, 0.5) is 5.69 Å². The van der Waals surface area contributed by atoms with Crippen molar-refractivity contribution in [2.45, 2.75) is 6.92 Å². The standard InChI is InChI=1S/C21H24N4O2/c1-4-17-6-5-7-18(14-17)25-20(26)15-24-21(22-3)23-12-13-27-19-10-8-16(2)9-11-19/h1,5-11,14H,12-13,15H2,2-3H3,(H,25,26)(H2,22,23,24). The lowest BCUT2D eigenvalue weighted by molar-refractivity contribution is -0.115. The van der Waals surface area contributed by atoms with Gasteiger partial charge in [-0.15, -0.1) is 6.42 Å². The summed E-state index contributed by atoms with van der Waals surface area (Å²) in [7, 11) is 1.64. The van der Waals surface area contributed by atoms with Crippen molar-refractivity contribution in [1.82, 2.24) is 10.6 Å². The highest BCUT2D eigenvalue weighted by Gasteiger charge is 2.05. The Kier molecular flexibility index (Phi) is 7.73. The number of nitrogens with zero attached hydrogens (tertiary/aromatic N) is 1. The van der Waals surface area contributed by atoms with E-state index in [1.807, 2.05) is 31.2 Å². The van der Waals surface area contributed by atoms with E-state index >= 15 is 0 Å². The highest BCUT2D eigenvalue weighted by Crippen LogP contribution is 2.11. The van der Waals surface area contributed by atoms with Crippen LogP contribution in [0.15, 0.2) is 53.5 Å².